The molecule has 3 aromatic rings. The lowest BCUT2D eigenvalue weighted by Gasteiger charge is -2.14. The van der Waals surface area contributed by atoms with E-state index in [1.807, 2.05) is 29.1 Å². The van der Waals surface area contributed by atoms with E-state index in [0.29, 0.717) is 18.4 Å². The summed E-state index contributed by atoms with van der Waals surface area (Å²) < 4.78 is 7.15. The number of rotatable bonds is 6. The molecule has 1 saturated carbocycles. The molecule has 0 radical (unpaired) electrons. The molecule has 0 amide bonds. The molecule has 0 saturated heterocycles. The van der Waals surface area contributed by atoms with E-state index in [-0.39, 0.29) is 6.04 Å². The number of benzene rings is 1. The summed E-state index contributed by atoms with van der Waals surface area (Å²) in [4.78, 5) is 4.44. The molecule has 1 aliphatic rings. The quantitative estimate of drug-likeness (QED) is 0.758. The van der Waals surface area contributed by atoms with Crippen LogP contribution in [0.2, 0.25) is 0 Å². The third-order valence-corrected chi connectivity index (χ3v) is 4.12. The average Bonchev–Trinajstić information content (AvgIpc) is 3.11. The molecule has 1 fully saturated rings. The molecule has 6 heteroatoms. The first kappa shape index (κ1) is 14.1. The summed E-state index contributed by atoms with van der Waals surface area (Å²) in [6.45, 7) is 2.70. The lowest BCUT2D eigenvalue weighted by molar-refractivity contribution is 0.356. The highest BCUT2D eigenvalue weighted by molar-refractivity contribution is 5.36. The summed E-state index contributed by atoms with van der Waals surface area (Å²) in [6.07, 6.45) is 6.09. The zero-order chi connectivity index (χ0) is 15.6. The Morgan fingerprint density at radius 1 is 1.35 bits per heavy atom. The van der Waals surface area contributed by atoms with Crippen LogP contribution >= 0.6 is 0 Å². The van der Waals surface area contributed by atoms with E-state index < -0.39 is 0 Å². The van der Waals surface area contributed by atoms with Crippen molar-refractivity contribution in [3.05, 3.63) is 60.0 Å². The third-order valence-electron chi connectivity index (χ3n) is 4.12. The highest BCUT2D eigenvalue weighted by Gasteiger charge is 2.28. The predicted molar refractivity (Wildman–Crippen MR) is 85.1 cm³/mol. The lowest BCUT2D eigenvalue weighted by Crippen LogP contribution is -2.18. The summed E-state index contributed by atoms with van der Waals surface area (Å²) in [5.41, 5.74) is 2.25. The minimum Gasteiger partial charge on any atom is -0.338 e. The van der Waals surface area contributed by atoms with Gasteiger partial charge in [0.05, 0.1) is 12.2 Å². The fourth-order valence-corrected chi connectivity index (χ4v) is 2.56. The lowest BCUT2D eigenvalue weighted by atomic mass is 10.1. The molecule has 23 heavy (non-hydrogen) atoms. The van der Waals surface area contributed by atoms with E-state index in [0.717, 1.165) is 11.5 Å². The summed E-state index contributed by atoms with van der Waals surface area (Å²) in [5, 5.41) is 11.7. The van der Waals surface area contributed by atoms with E-state index in [2.05, 4.69) is 39.6 Å². The van der Waals surface area contributed by atoms with E-state index in [1.54, 1.807) is 6.20 Å². The van der Waals surface area contributed by atoms with Crippen molar-refractivity contribution in [3.8, 4) is 5.69 Å². The molecule has 4 rings (SSSR count). The zero-order valence-corrected chi connectivity index (χ0v) is 13.0. The first-order chi connectivity index (χ1) is 11.3. The molecule has 6 nitrogen and oxygen atoms in total. The number of hydrogen-bond acceptors (Lipinski definition) is 5. The SMILES string of the molecule is C[C@H](NCc1nc(C2CC2)no1)c1cccc(-n2cccn2)c1. The third kappa shape index (κ3) is 3.17. The Morgan fingerprint density at radius 2 is 2.26 bits per heavy atom. The molecule has 2 aromatic heterocycles. The monoisotopic (exact) mass is 309 g/mol. The second kappa shape index (κ2) is 5.96. The highest BCUT2D eigenvalue weighted by Crippen LogP contribution is 2.38. The van der Waals surface area contributed by atoms with Gasteiger partial charge in [0.1, 0.15) is 0 Å². The fraction of sp³-hybridized carbons (Fsp3) is 0.353. The largest absolute Gasteiger partial charge is 0.338 e. The second-order valence-electron chi connectivity index (χ2n) is 5.97. The van der Waals surface area contributed by atoms with Crippen LogP contribution in [0.3, 0.4) is 0 Å². The standard InChI is InChI=1S/C17H19N5O/c1-12(18-11-16-20-17(21-23-16)13-6-7-13)14-4-2-5-15(10-14)22-9-3-8-19-22/h2-5,8-10,12-13,18H,6-7,11H2,1H3/t12-/m0/s1. The number of hydrogen-bond donors (Lipinski definition) is 1. The Labute approximate surface area is 134 Å². The zero-order valence-electron chi connectivity index (χ0n) is 13.0. The van der Waals surface area contributed by atoms with Gasteiger partial charge in [0.2, 0.25) is 5.89 Å². The first-order valence-corrected chi connectivity index (χ1v) is 7.95. The van der Waals surface area contributed by atoms with Crippen LogP contribution in [0.1, 0.15) is 49.0 Å². The van der Waals surface area contributed by atoms with Gasteiger partial charge in [0.25, 0.3) is 0 Å². The Kier molecular flexibility index (Phi) is 3.67. The van der Waals surface area contributed by atoms with Crippen molar-refractivity contribution in [1.29, 1.82) is 0 Å². The summed E-state index contributed by atoms with van der Waals surface area (Å²) in [7, 11) is 0. The number of nitrogens with zero attached hydrogens (tertiary/aromatic N) is 4. The van der Waals surface area contributed by atoms with Crippen molar-refractivity contribution in [2.24, 2.45) is 0 Å². The van der Waals surface area contributed by atoms with Crippen LogP contribution in [-0.2, 0) is 6.54 Å². The summed E-state index contributed by atoms with van der Waals surface area (Å²) in [6, 6.07) is 10.4. The Morgan fingerprint density at radius 3 is 3.04 bits per heavy atom. The van der Waals surface area contributed by atoms with Crippen molar-refractivity contribution in [3.63, 3.8) is 0 Å². The molecule has 118 valence electrons. The number of aromatic nitrogens is 4. The molecule has 0 bridgehead atoms. The van der Waals surface area contributed by atoms with Crippen LogP contribution in [0.5, 0.6) is 0 Å². The van der Waals surface area contributed by atoms with Gasteiger partial charge < -0.3 is 9.84 Å². The van der Waals surface area contributed by atoms with Crippen molar-refractivity contribution in [2.75, 3.05) is 0 Å². The Hall–Kier alpha value is -2.47. The normalized spacial score (nSPS) is 15.7. The fourth-order valence-electron chi connectivity index (χ4n) is 2.56. The molecular weight excluding hydrogens is 290 g/mol. The second-order valence-corrected chi connectivity index (χ2v) is 5.97. The van der Waals surface area contributed by atoms with Crippen LogP contribution in [0.4, 0.5) is 0 Å². The van der Waals surface area contributed by atoms with Crippen molar-refractivity contribution in [1.82, 2.24) is 25.2 Å². The molecule has 1 N–H and O–H groups in total. The van der Waals surface area contributed by atoms with Crippen molar-refractivity contribution in [2.45, 2.75) is 38.3 Å². The molecular formula is C17H19N5O. The van der Waals surface area contributed by atoms with Crippen LogP contribution in [-0.4, -0.2) is 19.9 Å². The van der Waals surface area contributed by atoms with Crippen LogP contribution in [0, 0.1) is 0 Å². The molecule has 2 heterocycles. The molecule has 0 spiro atoms. The predicted octanol–water partition coefficient (Wildman–Crippen LogP) is 2.98. The van der Waals surface area contributed by atoms with Gasteiger partial charge in [-0.2, -0.15) is 10.1 Å². The maximum absolute atomic E-state index is 5.30. The van der Waals surface area contributed by atoms with Crippen LogP contribution in [0.15, 0.2) is 47.2 Å². The van der Waals surface area contributed by atoms with Gasteiger partial charge in [-0.3, -0.25) is 0 Å². The van der Waals surface area contributed by atoms with Crippen molar-refractivity contribution < 1.29 is 4.52 Å². The molecule has 1 aliphatic carbocycles. The average molecular weight is 309 g/mol. The smallest absolute Gasteiger partial charge is 0.240 e. The van der Waals surface area contributed by atoms with Crippen LogP contribution in [0.25, 0.3) is 5.69 Å². The van der Waals surface area contributed by atoms with E-state index in [9.17, 15) is 0 Å². The topological polar surface area (TPSA) is 68.8 Å². The van der Waals surface area contributed by atoms with Gasteiger partial charge in [0, 0.05) is 24.4 Å². The minimum atomic E-state index is 0.182. The van der Waals surface area contributed by atoms with Gasteiger partial charge in [-0.05, 0) is 43.5 Å². The molecule has 0 unspecified atom stereocenters. The maximum atomic E-state index is 5.30. The molecule has 1 atom stereocenters. The van der Waals surface area contributed by atoms with Gasteiger partial charge in [-0.15, -0.1) is 0 Å². The van der Waals surface area contributed by atoms with Crippen molar-refractivity contribution >= 4 is 0 Å². The van der Waals surface area contributed by atoms with E-state index >= 15 is 0 Å². The van der Waals surface area contributed by atoms with E-state index in [4.69, 9.17) is 4.52 Å². The summed E-state index contributed by atoms with van der Waals surface area (Å²) >= 11 is 0. The molecule has 1 aromatic carbocycles. The Bertz CT molecular complexity index is 776. The first-order valence-electron chi connectivity index (χ1n) is 7.95. The van der Waals surface area contributed by atoms with Crippen LogP contribution < -0.4 is 5.32 Å². The van der Waals surface area contributed by atoms with E-state index in [1.165, 1.54) is 18.4 Å². The van der Waals surface area contributed by atoms with Gasteiger partial charge >= 0.3 is 0 Å². The number of nitrogens with one attached hydrogen (secondary N) is 1. The summed E-state index contributed by atoms with van der Waals surface area (Å²) in [5.74, 6) is 2.03. The highest BCUT2D eigenvalue weighted by atomic mass is 16.5. The van der Waals surface area contributed by atoms with Gasteiger partial charge in [-0.25, -0.2) is 4.68 Å². The minimum absolute atomic E-state index is 0.182. The Balaban J connectivity index is 1.42. The van der Waals surface area contributed by atoms with Gasteiger partial charge in [0.15, 0.2) is 5.82 Å². The maximum Gasteiger partial charge on any atom is 0.240 e. The molecule has 0 aliphatic heterocycles. The van der Waals surface area contributed by atoms with Gasteiger partial charge in [-0.1, -0.05) is 17.3 Å².